The van der Waals surface area contributed by atoms with Gasteiger partial charge in [0, 0.05) is 82.0 Å². The third-order valence-corrected chi connectivity index (χ3v) is 16.8. The highest BCUT2D eigenvalue weighted by molar-refractivity contribution is 7.28. The van der Waals surface area contributed by atoms with Gasteiger partial charge in [-0.05, 0) is 110 Å². The molecule has 6 nitrogen and oxygen atoms in total. The fourth-order valence-electron chi connectivity index (χ4n) is 7.51. The van der Waals surface area contributed by atoms with Crippen molar-refractivity contribution in [3.63, 3.8) is 0 Å². The molecule has 0 saturated carbocycles. The SMILES string of the molecule is Cc1cccc(C)c1-c1c2cc(-c3ccc(/C=c4/cnc(=C(C#N)C#N)s4)s3)sc2c(-c2c(C)cccc2C)c2cc(-c3ccc(/C=c4/cnc(=C(C#N)C#N)s4)s3)sc12. The number of nitriles is 4. The topological polar surface area (TPSA) is 121 Å². The second-order valence-corrected chi connectivity index (χ2v) is 20.5. The summed E-state index contributed by atoms with van der Waals surface area (Å²) in [6.45, 7) is 8.84. The van der Waals surface area contributed by atoms with Gasteiger partial charge in [0.25, 0.3) is 0 Å². The van der Waals surface area contributed by atoms with Crippen LogP contribution in [0.1, 0.15) is 32.0 Å². The molecule has 9 rings (SSSR count). The van der Waals surface area contributed by atoms with Crippen LogP contribution in [0.2, 0.25) is 0 Å². The molecule has 12 heteroatoms. The van der Waals surface area contributed by atoms with Gasteiger partial charge < -0.3 is 0 Å². The molecule has 6 aromatic heterocycles. The van der Waals surface area contributed by atoms with Crippen LogP contribution >= 0.6 is 68.0 Å². The zero-order chi connectivity index (χ0) is 41.7. The molecule has 0 N–H and O–H groups in total. The van der Waals surface area contributed by atoms with E-state index in [9.17, 15) is 21.0 Å². The van der Waals surface area contributed by atoms with Crippen molar-refractivity contribution in [3.05, 3.63) is 136 Å². The molecule has 0 saturated heterocycles. The summed E-state index contributed by atoms with van der Waals surface area (Å²) in [5.74, 6) is 0. The minimum atomic E-state index is 0.0245. The molecule has 0 aliphatic heterocycles. The van der Waals surface area contributed by atoms with E-state index in [1.807, 2.05) is 47.0 Å². The van der Waals surface area contributed by atoms with E-state index in [1.54, 1.807) is 35.1 Å². The molecule has 0 fully saturated rings. The van der Waals surface area contributed by atoms with Crippen molar-refractivity contribution in [1.82, 2.24) is 9.97 Å². The van der Waals surface area contributed by atoms with Crippen molar-refractivity contribution in [1.29, 1.82) is 21.0 Å². The van der Waals surface area contributed by atoms with Gasteiger partial charge in [-0.15, -0.1) is 68.0 Å². The Morgan fingerprint density at radius 3 is 1.22 bits per heavy atom. The Balaban J connectivity index is 1.27. The van der Waals surface area contributed by atoms with Crippen LogP contribution in [0.15, 0.2) is 85.2 Å². The standard InChI is InChI=1S/C48H28N6S6/c1-25-7-5-8-26(2)41(25)43-35-17-39(37-13-11-31(55-37)15-33-23-53-47(57-33)29(19-49)20-50)60-46(35)44(42-27(3)9-6-10-28(42)4)36-18-40(59-45(36)43)38-14-12-32(56-38)16-34-24-54-48(58-34)30(21-51)22-52/h5-18,23-24H,1-4H3/b33-15-,34-16-. The number of rotatable bonds is 6. The van der Waals surface area contributed by atoms with Crippen molar-refractivity contribution in [3.8, 4) is 66.0 Å². The molecule has 9 aromatic rings. The average Bonchev–Trinajstić information content (AvgIpc) is 4.10. The van der Waals surface area contributed by atoms with Gasteiger partial charge in [-0.3, -0.25) is 0 Å². The summed E-state index contributed by atoms with van der Waals surface area (Å²) in [6, 6.07) is 34.3. The van der Waals surface area contributed by atoms with Crippen molar-refractivity contribution in [2.75, 3.05) is 0 Å². The van der Waals surface area contributed by atoms with E-state index >= 15 is 0 Å². The summed E-state index contributed by atoms with van der Waals surface area (Å²) in [7, 11) is 0. The summed E-state index contributed by atoms with van der Waals surface area (Å²) in [5.41, 5.74) is 10.0. The fourth-order valence-corrected chi connectivity index (χ4v) is 13.8. The first kappa shape index (κ1) is 39.2. The van der Waals surface area contributed by atoms with Gasteiger partial charge in [-0.2, -0.15) is 21.0 Å². The Labute approximate surface area is 369 Å². The minimum Gasteiger partial charge on any atom is -0.242 e. The molecular formula is C48H28N6S6. The smallest absolute Gasteiger partial charge is 0.165 e. The Morgan fingerprint density at radius 2 is 0.850 bits per heavy atom. The Kier molecular flexibility index (Phi) is 10.5. The number of hydrogen-bond acceptors (Lipinski definition) is 12. The maximum Gasteiger partial charge on any atom is 0.165 e. The van der Waals surface area contributed by atoms with Crippen molar-refractivity contribution >= 4 is 111 Å². The number of thiazole rings is 2. The monoisotopic (exact) mass is 880 g/mol. The highest BCUT2D eigenvalue weighted by Gasteiger charge is 2.26. The van der Waals surface area contributed by atoms with Gasteiger partial charge in [0.1, 0.15) is 33.6 Å². The highest BCUT2D eigenvalue weighted by Crippen LogP contribution is 2.54. The van der Waals surface area contributed by atoms with Crippen LogP contribution in [-0.2, 0) is 0 Å². The summed E-state index contributed by atoms with van der Waals surface area (Å²) in [5, 5.41) is 39.8. The molecule has 60 heavy (non-hydrogen) atoms. The Bertz CT molecular complexity index is 3300. The van der Waals surface area contributed by atoms with Crippen LogP contribution in [0.25, 0.3) is 85.2 Å². The molecule has 286 valence electrons. The molecule has 0 bridgehead atoms. The lowest BCUT2D eigenvalue weighted by Gasteiger charge is -2.18. The van der Waals surface area contributed by atoms with Crippen LogP contribution in [0.3, 0.4) is 0 Å². The number of benzene rings is 3. The van der Waals surface area contributed by atoms with E-state index in [-0.39, 0.29) is 11.1 Å². The minimum absolute atomic E-state index is 0.0245. The second-order valence-electron chi connectivity index (χ2n) is 14.0. The lowest BCUT2D eigenvalue weighted by Crippen LogP contribution is -2.00. The predicted molar refractivity (Wildman–Crippen MR) is 253 cm³/mol. The zero-order valence-corrected chi connectivity index (χ0v) is 37.3. The van der Waals surface area contributed by atoms with Gasteiger partial charge in [0.2, 0.25) is 0 Å². The van der Waals surface area contributed by atoms with Crippen molar-refractivity contribution < 1.29 is 0 Å². The van der Waals surface area contributed by atoms with Gasteiger partial charge >= 0.3 is 0 Å². The third kappa shape index (κ3) is 7.00. The van der Waals surface area contributed by atoms with Crippen LogP contribution in [0, 0.1) is 73.0 Å². The largest absolute Gasteiger partial charge is 0.242 e. The molecule has 6 heterocycles. The van der Waals surface area contributed by atoms with E-state index in [2.05, 4.69) is 123 Å². The average molecular weight is 881 g/mol. The Morgan fingerprint density at radius 1 is 0.467 bits per heavy atom. The predicted octanol–water partition coefficient (Wildman–Crippen LogP) is 11.1. The first-order valence-electron chi connectivity index (χ1n) is 18.5. The number of fused-ring (bicyclic) bond motifs is 2. The molecular weight excluding hydrogens is 853 g/mol. The van der Waals surface area contributed by atoms with E-state index < -0.39 is 0 Å². The zero-order valence-electron chi connectivity index (χ0n) is 32.4. The molecule has 0 aliphatic carbocycles. The molecule has 0 atom stereocenters. The summed E-state index contributed by atoms with van der Waals surface area (Å²) < 4.78 is 5.16. The summed E-state index contributed by atoms with van der Waals surface area (Å²) >= 11 is 9.81. The molecule has 0 amide bonds. The maximum atomic E-state index is 9.33. The van der Waals surface area contributed by atoms with E-state index in [4.69, 9.17) is 0 Å². The van der Waals surface area contributed by atoms with Crippen LogP contribution in [-0.4, -0.2) is 9.97 Å². The van der Waals surface area contributed by atoms with E-state index in [0.717, 1.165) is 18.8 Å². The van der Waals surface area contributed by atoms with E-state index in [0.29, 0.717) is 9.33 Å². The molecule has 3 aromatic carbocycles. The molecule has 0 unspecified atom stereocenters. The van der Waals surface area contributed by atoms with Crippen molar-refractivity contribution in [2.45, 2.75) is 27.7 Å². The normalized spacial score (nSPS) is 11.8. The summed E-state index contributed by atoms with van der Waals surface area (Å²) in [6.07, 6.45) is 7.57. The quantitative estimate of drug-likeness (QED) is 0.164. The second kappa shape index (κ2) is 16.0. The highest BCUT2D eigenvalue weighted by atomic mass is 32.1. The third-order valence-electron chi connectivity index (χ3n) is 10.1. The molecule has 0 aliphatic rings. The van der Waals surface area contributed by atoms with Crippen LogP contribution in [0.5, 0.6) is 0 Å². The maximum absolute atomic E-state index is 9.33. The van der Waals surface area contributed by atoms with Gasteiger partial charge in [-0.25, -0.2) is 9.97 Å². The Hall–Kier alpha value is -6.32. The first-order chi connectivity index (χ1) is 29.2. The van der Waals surface area contributed by atoms with Gasteiger partial charge in [0.15, 0.2) is 11.1 Å². The van der Waals surface area contributed by atoms with Gasteiger partial charge in [-0.1, -0.05) is 36.4 Å². The summed E-state index contributed by atoms with van der Waals surface area (Å²) in [4.78, 5) is 15.5. The lowest BCUT2D eigenvalue weighted by atomic mass is 9.87. The van der Waals surface area contributed by atoms with Crippen LogP contribution in [0.4, 0.5) is 0 Å². The molecule has 0 spiro atoms. The fraction of sp³-hybridized carbons (Fsp3) is 0.0833. The van der Waals surface area contributed by atoms with Gasteiger partial charge in [0.05, 0.1) is 0 Å². The number of thiophene rings is 4. The number of hydrogen-bond donors (Lipinski definition) is 0. The molecule has 0 radical (unpaired) electrons. The number of aromatic nitrogens is 2. The first-order valence-corrected chi connectivity index (χ1v) is 23.4. The number of nitrogens with zero attached hydrogens (tertiary/aromatic N) is 6. The van der Waals surface area contributed by atoms with Crippen LogP contribution < -0.4 is 18.4 Å². The van der Waals surface area contributed by atoms with Crippen molar-refractivity contribution in [2.24, 2.45) is 0 Å². The number of aryl methyl sites for hydroxylation is 4. The van der Waals surface area contributed by atoms with E-state index in [1.165, 1.54) is 107 Å². The lowest BCUT2D eigenvalue weighted by molar-refractivity contribution is 1.34.